The second-order valence-corrected chi connectivity index (χ2v) is 7.49. The summed E-state index contributed by atoms with van der Waals surface area (Å²) in [6.45, 7) is 2.74. The predicted octanol–water partition coefficient (Wildman–Crippen LogP) is 1.05. The van der Waals surface area contributed by atoms with Crippen LogP contribution in [0, 0.1) is 0 Å². The summed E-state index contributed by atoms with van der Waals surface area (Å²) in [4.78, 5) is 0. The molecule has 1 atom stereocenters. The van der Waals surface area contributed by atoms with Gasteiger partial charge in [0.1, 0.15) is 0 Å². The van der Waals surface area contributed by atoms with Crippen molar-refractivity contribution in [3.05, 3.63) is 0 Å². The van der Waals surface area contributed by atoms with Gasteiger partial charge in [0.15, 0.2) is 6.29 Å². The van der Waals surface area contributed by atoms with Crippen LogP contribution in [-0.2, 0) is 18.6 Å². The second-order valence-electron chi connectivity index (χ2n) is 4.02. The van der Waals surface area contributed by atoms with E-state index in [9.17, 15) is 8.42 Å². The van der Waals surface area contributed by atoms with Crippen molar-refractivity contribution in [3.8, 4) is 0 Å². The number of rotatable bonds is 9. The molecule has 0 aliphatic carbocycles. The first kappa shape index (κ1) is 16.2. The Bertz CT molecular complexity index is 303. The monoisotopic (exact) mass is 299 g/mol. The van der Waals surface area contributed by atoms with Crippen LogP contribution in [0.3, 0.4) is 0 Å². The highest BCUT2D eigenvalue weighted by Gasteiger charge is 2.13. The Morgan fingerprint density at radius 3 is 2.89 bits per heavy atom. The zero-order valence-corrected chi connectivity index (χ0v) is 12.0. The fourth-order valence-corrected chi connectivity index (χ4v) is 2.92. The Hall–Kier alpha value is 0.140. The molecule has 0 aromatic rings. The number of hydrogen-bond acceptors (Lipinski definition) is 6. The molecule has 2 N–H and O–H groups in total. The van der Waals surface area contributed by atoms with Crippen LogP contribution in [0.15, 0.2) is 0 Å². The molecule has 0 radical (unpaired) electrons. The lowest BCUT2D eigenvalue weighted by Gasteiger charge is -2.22. The standard InChI is InChI=1S/C10H21NO5S2/c12-18(13,14)17-9-6-11-5-3-8-16-10-4-1-2-7-15-10/h10-11H,1-9H2,(H,12,13,14). The van der Waals surface area contributed by atoms with Crippen LogP contribution in [0.5, 0.6) is 0 Å². The molecule has 108 valence electrons. The van der Waals surface area contributed by atoms with Gasteiger partial charge in [-0.3, -0.25) is 4.55 Å². The molecule has 1 heterocycles. The summed E-state index contributed by atoms with van der Waals surface area (Å²) in [5.41, 5.74) is 0. The molecule has 1 saturated heterocycles. The molecule has 1 aliphatic rings. The number of hydrogen-bond donors (Lipinski definition) is 2. The average Bonchev–Trinajstić information content (AvgIpc) is 2.32. The predicted molar refractivity (Wildman–Crippen MR) is 71.0 cm³/mol. The lowest BCUT2D eigenvalue weighted by molar-refractivity contribution is -0.162. The first-order valence-electron chi connectivity index (χ1n) is 6.14. The third-order valence-electron chi connectivity index (χ3n) is 2.45. The summed E-state index contributed by atoms with van der Waals surface area (Å²) >= 11 is 0. The Kier molecular flexibility index (Phi) is 8.20. The average molecular weight is 299 g/mol. The van der Waals surface area contributed by atoms with Gasteiger partial charge in [0.2, 0.25) is 0 Å². The third-order valence-corrected chi connectivity index (χ3v) is 4.51. The van der Waals surface area contributed by atoms with Gasteiger partial charge in [0.25, 0.3) is 0 Å². The van der Waals surface area contributed by atoms with Crippen LogP contribution >= 0.6 is 10.8 Å². The molecule has 0 amide bonds. The molecule has 1 aliphatic heterocycles. The molecule has 1 rings (SSSR count). The van der Waals surface area contributed by atoms with Crippen LogP contribution in [-0.4, -0.2) is 51.3 Å². The topological polar surface area (TPSA) is 84.9 Å². The lowest BCUT2D eigenvalue weighted by atomic mass is 10.2. The highest BCUT2D eigenvalue weighted by atomic mass is 33.1. The van der Waals surface area contributed by atoms with Crippen LogP contribution in [0.2, 0.25) is 0 Å². The molecular formula is C10H21NO5S2. The van der Waals surface area contributed by atoms with E-state index in [1.165, 1.54) is 0 Å². The Balaban J connectivity index is 1.83. The highest BCUT2D eigenvalue weighted by molar-refractivity contribution is 8.69. The number of ether oxygens (including phenoxy) is 2. The quantitative estimate of drug-likeness (QED) is 0.374. The Morgan fingerprint density at radius 2 is 2.22 bits per heavy atom. The highest BCUT2D eigenvalue weighted by Crippen LogP contribution is 2.13. The molecule has 0 saturated carbocycles. The van der Waals surface area contributed by atoms with Gasteiger partial charge in [-0.05, 0) is 43.0 Å². The molecule has 6 nitrogen and oxygen atoms in total. The van der Waals surface area contributed by atoms with Gasteiger partial charge in [-0.15, -0.1) is 0 Å². The van der Waals surface area contributed by atoms with E-state index in [1.54, 1.807) is 0 Å². The SMILES string of the molecule is O=S(=O)(O)SCCNCCCOC1CCCCO1. The number of nitrogens with one attached hydrogen (secondary N) is 1. The van der Waals surface area contributed by atoms with Crippen molar-refractivity contribution < 1.29 is 22.4 Å². The van der Waals surface area contributed by atoms with Crippen molar-refractivity contribution in [2.45, 2.75) is 32.0 Å². The summed E-state index contributed by atoms with van der Waals surface area (Å²) in [6.07, 6.45) is 4.06. The van der Waals surface area contributed by atoms with E-state index >= 15 is 0 Å². The maximum Gasteiger partial charge on any atom is 0.319 e. The van der Waals surface area contributed by atoms with Gasteiger partial charge < -0.3 is 14.8 Å². The van der Waals surface area contributed by atoms with Crippen molar-refractivity contribution in [1.29, 1.82) is 0 Å². The minimum Gasteiger partial charge on any atom is -0.353 e. The molecular weight excluding hydrogens is 278 g/mol. The third kappa shape index (κ3) is 9.12. The fourth-order valence-electron chi connectivity index (χ4n) is 1.60. The smallest absolute Gasteiger partial charge is 0.319 e. The summed E-state index contributed by atoms with van der Waals surface area (Å²) in [6, 6.07) is 0. The Morgan fingerprint density at radius 1 is 1.39 bits per heavy atom. The van der Waals surface area contributed by atoms with E-state index < -0.39 is 9.15 Å². The molecule has 0 spiro atoms. The summed E-state index contributed by atoms with van der Waals surface area (Å²) in [5.74, 6) is 0.339. The van der Waals surface area contributed by atoms with Gasteiger partial charge in [-0.2, -0.15) is 8.42 Å². The summed E-state index contributed by atoms with van der Waals surface area (Å²) in [7, 11) is -3.37. The second kappa shape index (κ2) is 9.11. The summed E-state index contributed by atoms with van der Waals surface area (Å²) in [5, 5.41) is 3.08. The van der Waals surface area contributed by atoms with Crippen LogP contribution in [0.25, 0.3) is 0 Å². The van der Waals surface area contributed by atoms with Gasteiger partial charge in [0.05, 0.1) is 6.61 Å². The van der Waals surface area contributed by atoms with Crippen LogP contribution in [0.1, 0.15) is 25.7 Å². The molecule has 8 heteroatoms. The van der Waals surface area contributed by atoms with E-state index in [0.29, 0.717) is 29.7 Å². The van der Waals surface area contributed by atoms with Gasteiger partial charge >= 0.3 is 9.15 Å². The minimum absolute atomic E-state index is 0.0474. The minimum atomic E-state index is -3.90. The van der Waals surface area contributed by atoms with Gasteiger partial charge in [-0.1, -0.05) is 0 Å². The molecule has 18 heavy (non-hydrogen) atoms. The van der Waals surface area contributed by atoms with E-state index in [1.807, 2.05) is 0 Å². The van der Waals surface area contributed by atoms with Gasteiger partial charge in [-0.25, -0.2) is 0 Å². The van der Waals surface area contributed by atoms with Crippen molar-refractivity contribution in [1.82, 2.24) is 5.32 Å². The van der Waals surface area contributed by atoms with Crippen molar-refractivity contribution in [2.24, 2.45) is 0 Å². The van der Waals surface area contributed by atoms with Gasteiger partial charge in [0, 0.05) is 18.9 Å². The Labute approximate surface area is 112 Å². The molecule has 1 unspecified atom stereocenters. The molecule has 1 fully saturated rings. The van der Waals surface area contributed by atoms with Crippen molar-refractivity contribution >= 4 is 19.9 Å². The largest absolute Gasteiger partial charge is 0.353 e. The normalized spacial score (nSPS) is 21.1. The maximum atomic E-state index is 10.4. The first-order valence-corrected chi connectivity index (χ1v) is 9.08. The molecule has 0 aromatic heterocycles. The molecule has 0 aromatic carbocycles. The molecule has 0 bridgehead atoms. The van der Waals surface area contributed by atoms with E-state index in [0.717, 1.165) is 38.8 Å². The fraction of sp³-hybridized carbons (Fsp3) is 1.00. The van der Waals surface area contributed by atoms with Crippen molar-refractivity contribution in [3.63, 3.8) is 0 Å². The summed E-state index contributed by atoms with van der Waals surface area (Å²) < 4.78 is 40.2. The zero-order valence-electron chi connectivity index (χ0n) is 10.3. The lowest BCUT2D eigenvalue weighted by Crippen LogP contribution is -2.25. The van der Waals surface area contributed by atoms with E-state index in [-0.39, 0.29) is 6.29 Å². The zero-order chi connectivity index (χ0) is 13.3. The van der Waals surface area contributed by atoms with Crippen molar-refractivity contribution in [2.75, 3.05) is 32.1 Å². The maximum absolute atomic E-state index is 10.4. The van der Waals surface area contributed by atoms with E-state index in [2.05, 4.69) is 5.32 Å². The first-order chi connectivity index (χ1) is 8.58. The van der Waals surface area contributed by atoms with E-state index in [4.69, 9.17) is 14.0 Å². The van der Waals surface area contributed by atoms with Crippen LogP contribution in [0.4, 0.5) is 0 Å². The van der Waals surface area contributed by atoms with Crippen LogP contribution < -0.4 is 5.32 Å².